The van der Waals surface area contributed by atoms with E-state index in [4.69, 9.17) is 4.74 Å². The quantitative estimate of drug-likeness (QED) is 0.364. The molecule has 0 saturated heterocycles. The summed E-state index contributed by atoms with van der Waals surface area (Å²) in [7, 11) is -2.10. The summed E-state index contributed by atoms with van der Waals surface area (Å²) in [5.74, 6) is 2.00. The van der Waals surface area contributed by atoms with Gasteiger partial charge in [0.25, 0.3) is 0 Å². The molecule has 4 rings (SSSR count). The van der Waals surface area contributed by atoms with Gasteiger partial charge in [-0.3, -0.25) is 0 Å². The van der Waals surface area contributed by atoms with Gasteiger partial charge in [-0.15, -0.1) is 10.2 Å². The van der Waals surface area contributed by atoms with Gasteiger partial charge < -0.3 is 4.74 Å². The number of methoxy groups -OCH3 is 1. The van der Waals surface area contributed by atoms with E-state index in [1.807, 2.05) is 12.1 Å². The van der Waals surface area contributed by atoms with Crippen molar-refractivity contribution in [1.29, 1.82) is 0 Å². The highest BCUT2D eigenvalue weighted by Gasteiger charge is 2.15. The Morgan fingerprint density at radius 1 is 1.03 bits per heavy atom. The molecular formula is C23H25N5O3S2. The van der Waals surface area contributed by atoms with Gasteiger partial charge in [0.05, 0.1) is 12.0 Å². The maximum atomic E-state index is 12.5. The fraction of sp³-hybridized carbons (Fsp3) is 0.261. The van der Waals surface area contributed by atoms with E-state index in [-0.39, 0.29) is 11.4 Å². The lowest BCUT2D eigenvalue weighted by Gasteiger charge is -2.08. The molecule has 2 heterocycles. The van der Waals surface area contributed by atoms with E-state index >= 15 is 0 Å². The van der Waals surface area contributed by atoms with Crippen molar-refractivity contribution < 1.29 is 13.2 Å². The summed E-state index contributed by atoms with van der Waals surface area (Å²) in [6.07, 6.45) is 0.356. The number of sulfonamides is 1. The third-order valence-corrected chi connectivity index (χ3v) is 7.64. The van der Waals surface area contributed by atoms with Gasteiger partial charge in [-0.25, -0.2) is 13.1 Å². The molecular weight excluding hydrogens is 458 g/mol. The van der Waals surface area contributed by atoms with Crippen molar-refractivity contribution in [3.8, 4) is 5.75 Å². The fourth-order valence-corrected chi connectivity index (χ4v) is 5.24. The molecule has 0 saturated carbocycles. The fourth-order valence-electron chi connectivity index (χ4n) is 3.29. The third kappa shape index (κ3) is 5.52. The number of nitrogens with zero attached hydrogens (tertiary/aromatic N) is 4. The van der Waals surface area contributed by atoms with Crippen molar-refractivity contribution in [3.63, 3.8) is 0 Å². The molecule has 0 amide bonds. The van der Waals surface area contributed by atoms with E-state index < -0.39 is 10.0 Å². The molecule has 0 atom stereocenters. The van der Waals surface area contributed by atoms with Crippen LogP contribution in [0.25, 0.3) is 5.65 Å². The number of thioether (sulfide) groups is 1. The minimum Gasteiger partial charge on any atom is -0.497 e. The van der Waals surface area contributed by atoms with Crippen LogP contribution in [-0.4, -0.2) is 41.9 Å². The van der Waals surface area contributed by atoms with Crippen molar-refractivity contribution in [1.82, 2.24) is 24.5 Å². The molecule has 0 aliphatic heterocycles. The SMILES string of the molecule is COc1ccc(S(=O)(=O)NCCc2nnc3ccc(SCc4cc(C)ccc4C)nn23)cc1. The Morgan fingerprint density at radius 2 is 1.82 bits per heavy atom. The minimum atomic E-state index is -3.63. The van der Waals surface area contributed by atoms with Crippen LogP contribution in [0.15, 0.2) is 64.5 Å². The molecule has 0 fully saturated rings. The Balaban J connectivity index is 1.42. The van der Waals surface area contributed by atoms with Crippen LogP contribution >= 0.6 is 11.8 Å². The van der Waals surface area contributed by atoms with Crippen LogP contribution in [0.5, 0.6) is 5.75 Å². The van der Waals surface area contributed by atoms with Crippen LogP contribution in [0.3, 0.4) is 0 Å². The van der Waals surface area contributed by atoms with E-state index in [1.165, 1.54) is 35.9 Å². The molecule has 172 valence electrons. The number of hydrogen-bond donors (Lipinski definition) is 1. The average Bonchev–Trinajstić information content (AvgIpc) is 3.22. The van der Waals surface area contributed by atoms with Gasteiger partial charge >= 0.3 is 0 Å². The zero-order valence-corrected chi connectivity index (χ0v) is 20.3. The molecule has 2 aromatic carbocycles. The first-order valence-corrected chi connectivity index (χ1v) is 12.9. The van der Waals surface area contributed by atoms with Crippen LogP contribution in [0.4, 0.5) is 0 Å². The molecule has 0 aliphatic carbocycles. The number of hydrogen-bond acceptors (Lipinski definition) is 7. The zero-order chi connectivity index (χ0) is 23.4. The summed E-state index contributed by atoms with van der Waals surface area (Å²) in [5.41, 5.74) is 4.39. The minimum absolute atomic E-state index is 0.177. The van der Waals surface area contributed by atoms with Gasteiger partial charge in [0.2, 0.25) is 10.0 Å². The van der Waals surface area contributed by atoms with Crippen molar-refractivity contribution in [2.75, 3.05) is 13.7 Å². The summed E-state index contributed by atoms with van der Waals surface area (Å²) >= 11 is 1.64. The number of aromatic nitrogens is 4. The summed E-state index contributed by atoms with van der Waals surface area (Å²) in [6.45, 7) is 4.37. The Kier molecular flexibility index (Phi) is 6.96. The lowest BCUT2D eigenvalue weighted by Crippen LogP contribution is -2.26. The molecule has 8 nitrogen and oxygen atoms in total. The second kappa shape index (κ2) is 9.90. The van der Waals surface area contributed by atoms with Crippen molar-refractivity contribution in [2.24, 2.45) is 0 Å². The van der Waals surface area contributed by atoms with E-state index in [0.29, 0.717) is 23.6 Å². The van der Waals surface area contributed by atoms with Crippen molar-refractivity contribution in [2.45, 2.75) is 35.9 Å². The Morgan fingerprint density at radius 3 is 2.58 bits per heavy atom. The number of benzene rings is 2. The Labute approximate surface area is 197 Å². The number of fused-ring (bicyclic) bond motifs is 1. The van der Waals surface area contributed by atoms with Crippen molar-refractivity contribution >= 4 is 27.4 Å². The van der Waals surface area contributed by atoms with Gasteiger partial charge in [0.1, 0.15) is 10.8 Å². The highest BCUT2D eigenvalue weighted by Crippen LogP contribution is 2.24. The largest absolute Gasteiger partial charge is 0.497 e. The zero-order valence-electron chi connectivity index (χ0n) is 18.6. The van der Waals surface area contributed by atoms with Gasteiger partial charge in [-0.05, 0) is 61.4 Å². The molecule has 0 unspecified atom stereocenters. The van der Waals surface area contributed by atoms with Crippen molar-refractivity contribution in [3.05, 3.63) is 77.1 Å². The first-order valence-electron chi connectivity index (χ1n) is 10.4. The number of ether oxygens (including phenoxy) is 1. The molecule has 2 aromatic heterocycles. The monoisotopic (exact) mass is 483 g/mol. The molecule has 0 aliphatic rings. The van der Waals surface area contributed by atoms with Gasteiger partial charge in [-0.2, -0.15) is 9.61 Å². The second-order valence-electron chi connectivity index (χ2n) is 7.60. The number of aryl methyl sites for hydroxylation is 2. The maximum Gasteiger partial charge on any atom is 0.240 e. The van der Waals surface area contributed by atoms with Gasteiger partial charge in [0, 0.05) is 18.7 Å². The van der Waals surface area contributed by atoms with Crippen LogP contribution in [0, 0.1) is 13.8 Å². The van der Waals surface area contributed by atoms with Crippen LogP contribution in [0.1, 0.15) is 22.5 Å². The lowest BCUT2D eigenvalue weighted by atomic mass is 10.1. The standard InChI is InChI=1S/C23H25N5O3S2/c1-16-4-5-17(2)18(14-16)15-32-23-11-10-21-25-26-22(28(21)27-23)12-13-24-33(29,30)20-8-6-19(31-3)7-9-20/h4-11,14,24H,12-13,15H2,1-3H3. The normalized spacial score (nSPS) is 11.7. The molecule has 10 heteroatoms. The van der Waals surface area contributed by atoms with Crippen LogP contribution < -0.4 is 9.46 Å². The van der Waals surface area contributed by atoms with Gasteiger partial charge in [0.15, 0.2) is 11.5 Å². The predicted molar refractivity (Wildman–Crippen MR) is 128 cm³/mol. The molecule has 33 heavy (non-hydrogen) atoms. The predicted octanol–water partition coefficient (Wildman–Crippen LogP) is 3.56. The van der Waals surface area contributed by atoms with E-state index in [2.05, 4.69) is 52.1 Å². The molecule has 1 N–H and O–H groups in total. The van der Waals surface area contributed by atoms with E-state index in [0.717, 1.165) is 10.8 Å². The second-order valence-corrected chi connectivity index (χ2v) is 10.4. The third-order valence-electron chi connectivity index (χ3n) is 5.19. The number of nitrogens with one attached hydrogen (secondary N) is 1. The smallest absolute Gasteiger partial charge is 0.240 e. The Bertz CT molecular complexity index is 1370. The molecule has 0 bridgehead atoms. The van der Waals surface area contributed by atoms with Gasteiger partial charge in [-0.1, -0.05) is 35.5 Å². The lowest BCUT2D eigenvalue weighted by molar-refractivity contribution is 0.414. The first-order chi connectivity index (χ1) is 15.9. The molecule has 0 radical (unpaired) electrons. The summed E-state index contributed by atoms with van der Waals surface area (Å²) in [6, 6.07) is 16.5. The average molecular weight is 484 g/mol. The topological polar surface area (TPSA) is 98.5 Å². The summed E-state index contributed by atoms with van der Waals surface area (Å²) < 4.78 is 34.4. The number of rotatable bonds is 9. The highest BCUT2D eigenvalue weighted by atomic mass is 32.2. The van der Waals surface area contributed by atoms with E-state index in [1.54, 1.807) is 28.4 Å². The summed E-state index contributed by atoms with van der Waals surface area (Å²) in [5, 5.41) is 13.8. The van der Waals surface area contributed by atoms with Crippen LogP contribution in [0.2, 0.25) is 0 Å². The maximum absolute atomic E-state index is 12.5. The highest BCUT2D eigenvalue weighted by molar-refractivity contribution is 7.98. The summed E-state index contributed by atoms with van der Waals surface area (Å²) in [4.78, 5) is 0.178. The first kappa shape index (κ1) is 23.2. The Hall–Kier alpha value is -2.95. The van der Waals surface area contributed by atoms with Crippen LogP contribution in [-0.2, 0) is 22.2 Å². The molecule has 4 aromatic rings. The van der Waals surface area contributed by atoms with E-state index in [9.17, 15) is 8.42 Å². The molecule has 0 spiro atoms.